The van der Waals surface area contributed by atoms with E-state index in [9.17, 15) is 5.11 Å². The number of aliphatic hydroxyl groups excluding tert-OH is 1. The molecule has 0 amide bonds. The van der Waals surface area contributed by atoms with Crippen molar-refractivity contribution in [2.75, 3.05) is 39.5 Å². The molecule has 2 aliphatic heterocycles. The second-order valence-electron chi connectivity index (χ2n) is 7.03. The van der Waals surface area contributed by atoms with Crippen LogP contribution in [-0.4, -0.2) is 61.4 Å². The van der Waals surface area contributed by atoms with Gasteiger partial charge >= 0.3 is 0 Å². The minimum absolute atomic E-state index is 0.319. The molecule has 134 valence electrons. The van der Waals surface area contributed by atoms with E-state index in [-0.39, 0.29) is 5.79 Å². The average molecular weight is 335 g/mol. The van der Waals surface area contributed by atoms with Gasteiger partial charge in [0.15, 0.2) is 5.79 Å². The zero-order chi connectivity index (χ0) is 17.2. The normalized spacial score (nSPS) is 22.0. The predicted molar refractivity (Wildman–Crippen MR) is 92.5 cm³/mol. The number of β-amino-alcohol motifs (C(OH)–C–C–N with tert-alkyl or cyclic N) is 1. The van der Waals surface area contributed by atoms with E-state index >= 15 is 0 Å². The molecule has 2 saturated heterocycles. The molecule has 24 heavy (non-hydrogen) atoms. The lowest BCUT2D eigenvalue weighted by Gasteiger charge is -2.38. The molecule has 0 aliphatic carbocycles. The van der Waals surface area contributed by atoms with Crippen molar-refractivity contribution in [3.05, 3.63) is 28.8 Å². The number of hydrogen-bond donors (Lipinski definition) is 1. The second-order valence-corrected chi connectivity index (χ2v) is 7.03. The molecule has 0 saturated carbocycles. The lowest BCUT2D eigenvalue weighted by molar-refractivity contribution is -0.186. The molecule has 1 spiro atoms. The van der Waals surface area contributed by atoms with Crippen LogP contribution in [0.5, 0.6) is 5.75 Å². The van der Waals surface area contributed by atoms with E-state index in [2.05, 4.69) is 30.9 Å². The van der Waals surface area contributed by atoms with Crippen LogP contribution in [0.15, 0.2) is 12.1 Å². The van der Waals surface area contributed by atoms with E-state index in [1.807, 2.05) is 6.92 Å². The molecule has 2 aliphatic rings. The van der Waals surface area contributed by atoms with Crippen molar-refractivity contribution in [3.8, 4) is 5.75 Å². The fourth-order valence-corrected chi connectivity index (χ4v) is 3.54. The van der Waals surface area contributed by atoms with Gasteiger partial charge < -0.3 is 24.2 Å². The zero-order valence-corrected chi connectivity index (χ0v) is 15.0. The number of benzene rings is 1. The summed E-state index contributed by atoms with van der Waals surface area (Å²) in [5.74, 6) is 0.549. The van der Waals surface area contributed by atoms with Gasteiger partial charge in [0.1, 0.15) is 18.5 Å². The van der Waals surface area contributed by atoms with Crippen LogP contribution >= 0.6 is 0 Å². The van der Waals surface area contributed by atoms with Gasteiger partial charge in [-0.25, -0.2) is 0 Å². The zero-order valence-electron chi connectivity index (χ0n) is 15.0. The van der Waals surface area contributed by atoms with Gasteiger partial charge in [0.05, 0.1) is 13.2 Å². The molecular weight excluding hydrogens is 306 g/mol. The SMILES string of the molecule is Cc1ccc(C)c(OCC(O)CN2CCC3(CC2)OCCO3)c1C. The molecule has 1 atom stereocenters. The maximum absolute atomic E-state index is 10.3. The average Bonchev–Trinajstić information content (AvgIpc) is 3.02. The van der Waals surface area contributed by atoms with Crippen LogP contribution in [0.2, 0.25) is 0 Å². The van der Waals surface area contributed by atoms with Gasteiger partial charge in [-0.3, -0.25) is 0 Å². The van der Waals surface area contributed by atoms with Gasteiger partial charge in [-0.1, -0.05) is 12.1 Å². The van der Waals surface area contributed by atoms with Gasteiger partial charge in [-0.2, -0.15) is 0 Å². The maximum Gasteiger partial charge on any atom is 0.170 e. The van der Waals surface area contributed by atoms with E-state index in [1.165, 1.54) is 5.56 Å². The number of nitrogens with zero attached hydrogens (tertiary/aromatic N) is 1. The first-order valence-corrected chi connectivity index (χ1v) is 8.87. The number of rotatable bonds is 5. The van der Waals surface area contributed by atoms with Gasteiger partial charge in [-0.05, 0) is 37.5 Å². The Morgan fingerprint density at radius 3 is 2.42 bits per heavy atom. The number of likely N-dealkylation sites (tertiary alicyclic amines) is 1. The Morgan fingerprint density at radius 1 is 1.12 bits per heavy atom. The van der Waals surface area contributed by atoms with E-state index < -0.39 is 6.10 Å². The van der Waals surface area contributed by atoms with Gasteiger partial charge in [0, 0.05) is 32.5 Å². The molecule has 5 nitrogen and oxygen atoms in total. The summed E-state index contributed by atoms with van der Waals surface area (Å²) < 4.78 is 17.4. The Balaban J connectivity index is 1.47. The van der Waals surface area contributed by atoms with Crippen LogP contribution in [0.3, 0.4) is 0 Å². The van der Waals surface area contributed by atoms with Gasteiger partial charge in [0.25, 0.3) is 0 Å². The van der Waals surface area contributed by atoms with Crippen molar-refractivity contribution >= 4 is 0 Å². The number of aliphatic hydroxyl groups is 1. The third-order valence-corrected chi connectivity index (χ3v) is 5.19. The fraction of sp³-hybridized carbons (Fsp3) is 0.684. The van der Waals surface area contributed by atoms with Crippen molar-refractivity contribution < 1.29 is 19.3 Å². The Kier molecular flexibility index (Phi) is 5.45. The molecule has 1 N–H and O–H groups in total. The molecule has 5 heteroatoms. The molecule has 2 fully saturated rings. The van der Waals surface area contributed by atoms with Crippen LogP contribution < -0.4 is 4.74 Å². The topological polar surface area (TPSA) is 51.2 Å². The highest BCUT2D eigenvalue weighted by atomic mass is 16.7. The number of piperidine rings is 1. The Morgan fingerprint density at radius 2 is 1.75 bits per heavy atom. The van der Waals surface area contributed by atoms with Crippen LogP contribution in [-0.2, 0) is 9.47 Å². The monoisotopic (exact) mass is 335 g/mol. The first-order valence-electron chi connectivity index (χ1n) is 8.87. The first kappa shape index (κ1) is 17.7. The second kappa shape index (κ2) is 7.40. The van der Waals surface area contributed by atoms with E-state index in [1.54, 1.807) is 0 Å². The minimum atomic E-state index is -0.497. The fourth-order valence-electron chi connectivity index (χ4n) is 3.54. The molecule has 2 heterocycles. The molecule has 0 radical (unpaired) electrons. The maximum atomic E-state index is 10.3. The highest BCUT2D eigenvalue weighted by Crippen LogP contribution is 2.31. The quantitative estimate of drug-likeness (QED) is 0.894. The molecule has 1 unspecified atom stereocenters. The van der Waals surface area contributed by atoms with Crippen LogP contribution in [0, 0.1) is 20.8 Å². The highest BCUT2D eigenvalue weighted by Gasteiger charge is 2.39. The summed E-state index contributed by atoms with van der Waals surface area (Å²) >= 11 is 0. The molecular formula is C19H29NO4. The van der Waals surface area contributed by atoms with Crippen molar-refractivity contribution in [1.29, 1.82) is 0 Å². The summed E-state index contributed by atoms with van der Waals surface area (Å²) in [6.07, 6.45) is 1.25. The Hall–Kier alpha value is -1.14. The summed E-state index contributed by atoms with van der Waals surface area (Å²) in [6, 6.07) is 4.17. The minimum Gasteiger partial charge on any atom is -0.490 e. The van der Waals surface area contributed by atoms with Crippen molar-refractivity contribution in [3.63, 3.8) is 0 Å². The van der Waals surface area contributed by atoms with Gasteiger partial charge in [0.2, 0.25) is 0 Å². The largest absolute Gasteiger partial charge is 0.490 e. The first-order chi connectivity index (χ1) is 11.5. The number of aryl methyl sites for hydroxylation is 2. The molecule has 0 aromatic heterocycles. The lowest BCUT2D eigenvalue weighted by atomic mass is 10.0. The van der Waals surface area contributed by atoms with Crippen molar-refractivity contribution in [2.45, 2.75) is 45.5 Å². The summed E-state index contributed by atoms with van der Waals surface area (Å²) in [6.45, 7) is 10.3. The van der Waals surface area contributed by atoms with Crippen LogP contribution in [0.1, 0.15) is 29.5 Å². The van der Waals surface area contributed by atoms with Crippen LogP contribution in [0.4, 0.5) is 0 Å². The molecule has 3 rings (SSSR count). The lowest BCUT2D eigenvalue weighted by Crippen LogP contribution is -2.47. The van der Waals surface area contributed by atoms with E-state index in [0.717, 1.165) is 42.8 Å². The standard InChI is InChI=1S/C19H29NO4/c1-14-4-5-15(2)18(16(14)3)22-13-17(21)12-20-8-6-19(7-9-20)23-10-11-24-19/h4-5,17,21H,6-13H2,1-3H3. The third kappa shape index (κ3) is 3.91. The highest BCUT2D eigenvalue weighted by molar-refractivity contribution is 5.44. The molecule has 1 aromatic rings. The van der Waals surface area contributed by atoms with Gasteiger partial charge in [-0.15, -0.1) is 0 Å². The summed E-state index contributed by atoms with van der Waals surface area (Å²) in [7, 11) is 0. The number of hydrogen-bond acceptors (Lipinski definition) is 5. The van der Waals surface area contributed by atoms with E-state index in [4.69, 9.17) is 14.2 Å². The summed E-state index contributed by atoms with van der Waals surface area (Å²) in [5, 5.41) is 10.3. The molecule has 1 aromatic carbocycles. The Bertz CT molecular complexity index is 559. The van der Waals surface area contributed by atoms with E-state index in [0.29, 0.717) is 26.4 Å². The summed E-state index contributed by atoms with van der Waals surface area (Å²) in [4.78, 5) is 2.26. The molecule has 0 bridgehead atoms. The van der Waals surface area contributed by atoms with Crippen LogP contribution in [0.25, 0.3) is 0 Å². The smallest absolute Gasteiger partial charge is 0.170 e. The predicted octanol–water partition coefficient (Wildman–Crippen LogP) is 2.19. The van der Waals surface area contributed by atoms with Crippen molar-refractivity contribution in [2.24, 2.45) is 0 Å². The third-order valence-electron chi connectivity index (χ3n) is 5.19. The Labute approximate surface area is 144 Å². The van der Waals surface area contributed by atoms with Crippen molar-refractivity contribution in [1.82, 2.24) is 4.90 Å². The summed E-state index contributed by atoms with van der Waals surface area (Å²) in [5.41, 5.74) is 3.47. The number of ether oxygens (including phenoxy) is 3.